The van der Waals surface area contributed by atoms with Crippen molar-refractivity contribution in [2.24, 2.45) is 0 Å². The van der Waals surface area contributed by atoms with Crippen LogP contribution in [0.3, 0.4) is 0 Å². The summed E-state index contributed by atoms with van der Waals surface area (Å²) in [5.74, 6) is 0. The van der Waals surface area contributed by atoms with Crippen molar-refractivity contribution < 1.29 is 8.42 Å². The van der Waals surface area contributed by atoms with Gasteiger partial charge in [-0.05, 0) is 31.9 Å². The van der Waals surface area contributed by atoms with Crippen LogP contribution in [0.2, 0.25) is 0 Å². The Morgan fingerprint density at radius 2 is 1.91 bits per heavy atom. The maximum atomic E-state index is 12.5. The zero-order valence-electron chi connectivity index (χ0n) is 13.1. The minimum Gasteiger partial charge on any atom is -0.211 e. The van der Waals surface area contributed by atoms with Crippen molar-refractivity contribution in [3.8, 4) is 0 Å². The van der Waals surface area contributed by atoms with E-state index in [0.717, 1.165) is 21.7 Å². The van der Waals surface area contributed by atoms with Gasteiger partial charge in [-0.25, -0.2) is 13.1 Å². The Morgan fingerprint density at radius 3 is 2.57 bits per heavy atom. The zero-order valence-corrected chi connectivity index (χ0v) is 14.7. The first kappa shape index (κ1) is 16.0. The Balaban J connectivity index is 1.73. The van der Waals surface area contributed by atoms with Gasteiger partial charge in [0.25, 0.3) is 0 Å². The van der Waals surface area contributed by atoms with Gasteiger partial charge in [0, 0.05) is 13.0 Å². The maximum Gasteiger partial charge on any atom is 0.241 e. The Bertz CT molecular complexity index is 907. The molecule has 0 unspecified atom stereocenters. The van der Waals surface area contributed by atoms with Crippen LogP contribution in [0.4, 0.5) is 0 Å². The number of hydrogen-bond acceptors (Lipinski definition) is 6. The lowest BCUT2D eigenvalue weighted by Crippen LogP contribution is -2.27. The quantitative estimate of drug-likeness (QED) is 0.755. The van der Waals surface area contributed by atoms with Gasteiger partial charge in [-0.15, -0.1) is 10.2 Å². The molecule has 0 saturated carbocycles. The second-order valence-corrected chi connectivity index (χ2v) is 8.17. The van der Waals surface area contributed by atoms with Crippen LogP contribution < -0.4 is 4.72 Å². The van der Waals surface area contributed by atoms with Crippen LogP contribution in [0.1, 0.15) is 21.7 Å². The van der Waals surface area contributed by atoms with E-state index in [1.807, 2.05) is 32.9 Å². The molecule has 0 aliphatic rings. The van der Waals surface area contributed by atoms with Crippen molar-refractivity contribution in [2.45, 2.75) is 32.1 Å². The number of aryl methyl sites for hydroxylation is 3. The lowest BCUT2D eigenvalue weighted by atomic mass is 10.1. The summed E-state index contributed by atoms with van der Waals surface area (Å²) in [6.07, 6.45) is 2.04. The minimum absolute atomic E-state index is 0.291. The number of hydrogen-bond donors (Lipinski definition) is 1. The number of sulfonamides is 1. The van der Waals surface area contributed by atoms with Gasteiger partial charge >= 0.3 is 0 Å². The summed E-state index contributed by atoms with van der Waals surface area (Å²) < 4.78 is 29.3. The average Bonchev–Trinajstić information content (AvgIpc) is 2.97. The first-order valence-corrected chi connectivity index (χ1v) is 9.40. The highest BCUT2D eigenvalue weighted by atomic mass is 32.2. The number of nitrogens with one attached hydrogen (secondary N) is 1. The van der Waals surface area contributed by atoms with Crippen LogP contribution in [0.15, 0.2) is 23.4 Å². The Labute approximate surface area is 138 Å². The number of nitrogens with zero attached hydrogens (tertiary/aromatic N) is 4. The fraction of sp³-hybridized carbons (Fsp3) is 0.357. The number of fused-ring (bicyclic) bond motifs is 1. The highest BCUT2D eigenvalue weighted by molar-refractivity contribution is 7.89. The first-order valence-electron chi connectivity index (χ1n) is 7.10. The number of aromatic nitrogens is 4. The van der Waals surface area contributed by atoms with Crippen LogP contribution in [0.25, 0.3) is 4.96 Å². The van der Waals surface area contributed by atoms with E-state index >= 15 is 0 Å². The normalized spacial score (nSPS) is 12.1. The molecular weight excluding hydrogens is 334 g/mol. The first-order chi connectivity index (χ1) is 10.9. The third-order valence-electron chi connectivity index (χ3n) is 3.43. The molecule has 2 aromatic heterocycles. The van der Waals surface area contributed by atoms with E-state index in [4.69, 9.17) is 0 Å². The summed E-state index contributed by atoms with van der Waals surface area (Å²) in [6, 6.07) is 3.76. The predicted octanol–water partition coefficient (Wildman–Crippen LogP) is 1.63. The van der Waals surface area contributed by atoms with E-state index in [-0.39, 0.29) is 0 Å². The van der Waals surface area contributed by atoms with E-state index < -0.39 is 10.0 Å². The van der Waals surface area contributed by atoms with Gasteiger partial charge in [-0.2, -0.15) is 9.61 Å². The molecule has 9 heteroatoms. The van der Waals surface area contributed by atoms with Crippen molar-refractivity contribution >= 4 is 26.3 Å². The van der Waals surface area contributed by atoms with Crippen LogP contribution in [-0.4, -0.2) is 34.8 Å². The van der Waals surface area contributed by atoms with Gasteiger partial charge in [-0.1, -0.05) is 29.0 Å². The van der Waals surface area contributed by atoms with Gasteiger partial charge in [-0.3, -0.25) is 0 Å². The topological polar surface area (TPSA) is 89.2 Å². The van der Waals surface area contributed by atoms with Gasteiger partial charge in [0.05, 0.1) is 4.90 Å². The van der Waals surface area contributed by atoms with E-state index in [0.29, 0.717) is 22.8 Å². The van der Waals surface area contributed by atoms with Crippen molar-refractivity contribution in [2.75, 3.05) is 6.54 Å². The predicted molar refractivity (Wildman–Crippen MR) is 88.2 cm³/mol. The van der Waals surface area contributed by atoms with Crippen molar-refractivity contribution in [3.63, 3.8) is 0 Å². The highest BCUT2D eigenvalue weighted by Crippen LogP contribution is 2.21. The molecular formula is C14H17N5O2S2. The van der Waals surface area contributed by atoms with Crippen LogP contribution in [0.5, 0.6) is 0 Å². The maximum absolute atomic E-state index is 12.5. The second kappa shape index (κ2) is 5.99. The lowest BCUT2D eigenvalue weighted by molar-refractivity contribution is 0.580. The molecule has 0 atom stereocenters. The van der Waals surface area contributed by atoms with E-state index in [1.165, 1.54) is 17.7 Å². The molecule has 0 fully saturated rings. The van der Waals surface area contributed by atoms with Crippen LogP contribution in [0, 0.1) is 20.8 Å². The van der Waals surface area contributed by atoms with Crippen molar-refractivity contribution in [1.29, 1.82) is 0 Å². The molecule has 2 heterocycles. The Kier molecular flexibility index (Phi) is 4.17. The van der Waals surface area contributed by atoms with Crippen LogP contribution >= 0.6 is 11.3 Å². The fourth-order valence-electron chi connectivity index (χ4n) is 2.66. The van der Waals surface area contributed by atoms with E-state index in [9.17, 15) is 8.42 Å². The molecule has 23 heavy (non-hydrogen) atoms. The molecule has 122 valence electrons. The molecule has 0 amide bonds. The summed E-state index contributed by atoms with van der Waals surface area (Å²) >= 11 is 1.40. The molecule has 1 aromatic carbocycles. The molecule has 0 spiro atoms. The van der Waals surface area contributed by atoms with Crippen LogP contribution in [-0.2, 0) is 16.4 Å². The van der Waals surface area contributed by atoms with Crippen molar-refractivity contribution in [3.05, 3.63) is 40.2 Å². The summed E-state index contributed by atoms with van der Waals surface area (Å²) in [4.78, 5) is 1.06. The Morgan fingerprint density at radius 1 is 1.22 bits per heavy atom. The number of rotatable bonds is 5. The molecule has 3 aromatic rings. The monoisotopic (exact) mass is 351 g/mol. The van der Waals surface area contributed by atoms with E-state index in [1.54, 1.807) is 4.52 Å². The summed E-state index contributed by atoms with van der Waals surface area (Å²) in [6.45, 7) is 5.88. The molecule has 0 radical (unpaired) electrons. The molecule has 7 nitrogen and oxygen atoms in total. The van der Waals surface area contributed by atoms with Gasteiger partial charge in [0.15, 0.2) is 0 Å². The SMILES string of the molecule is Cc1cc(C)c(S(=O)(=O)NCCc2nn3cnnc3s2)c(C)c1. The Hall–Kier alpha value is -1.84. The van der Waals surface area contributed by atoms with Gasteiger partial charge in [0.1, 0.15) is 11.3 Å². The second-order valence-electron chi connectivity index (χ2n) is 5.43. The summed E-state index contributed by atoms with van der Waals surface area (Å²) in [7, 11) is -3.53. The largest absolute Gasteiger partial charge is 0.241 e. The molecule has 3 rings (SSSR count). The average molecular weight is 351 g/mol. The third-order valence-corrected chi connectivity index (χ3v) is 6.17. The van der Waals surface area contributed by atoms with E-state index in [2.05, 4.69) is 20.0 Å². The highest BCUT2D eigenvalue weighted by Gasteiger charge is 2.19. The smallest absolute Gasteiger partial charge is 0.211 e. The molecule has 0 aliphatic carbocycles. The van der Waals surface area contributed by atoms with Gasteiger partial charge < -0.3 is 0 Å². The summed E-state index contributed by atoms with van der Waals surface area (Å²) in [5.41, 5.74) is 2.57. The molecule has 0 saturated heterocycles. The standard InChI is InChI=1S/C14H17N5O2S2/c1-9-6-10(2)13(11(3)7-9)23(20,21)16-5-4-12-18-19-8-15-17-14(19)22-12/h6-8,16H,4-5H2,1-3H3. The number of benzene rings is 1. The molecule has 0 bridgehead atoms. The zero-order chi connectivity index (χ0) is 16.6. The molecule has 1 N–H and O–H groups in total. The fourth-order valence-corrected chi connectivity index (χ4v) is 4.95. The van der Waals surface area contributed by atoms with Crippen molar-refractivity contribution in [1.82, 2.24) is 24.5 Å². The summed E-state index contributed by atoms with van der Waals surface area (Å²) in [5, 5.41) is 12.7. The lowest BCUT2D eigenvalue weighted by Gasteiger charge is -2.12. The molecule has 0 aliphatic heterocycles. The third kappa shape index (κ3) is 3.26. The van der Waals surface area contributed by atoms with Gasteiger partial charge in [0.2, 0.25) is 15.0 Å². The minimum atomic E-state index is -3.53.